The standard InChI is InChI=1S/C22H40Cl2O2/c23-22(24,21(25)26)19-15-10-8-6-4-2-1-3-5-7-9-12-16-20-17-13-11-14-18-20/h20H,1-19H2,(H,25,26). The highest BCUT2D eigenvalue weighted by Crippen LogP contribution is 2.29. The molecule has 1 aliphatic carbocycles. The molecule has 1 fully saturated rings. The number of hydrogen-bond donors (Lipinski definition) is 1. The molecule has 0 atom stereocenters. The Morgan fingerprint density at radius 1 is 0.731 bits per heavy atom. The second-order valence-corrected chi connectivity index (χ2v) is 9.78. The van der Waals surface area contributed by atoms with Crippen molar-refractivity contribution < 1.29 is 9.90 Å². The van der Waals surface area contributed by atoms with Crippen LogP contribution in [-0.2, 0) is 4.79 Å². The minimum Gasteiger partial charge on any atom is -0.479 e. The zero-order valence-electron chi connectivity index (χ0n) is 16.6. The van der Waals surface area contributed by atoms with Crippen LogP contribution in [-0.4, -0.2) is 15.4 Å². The zero-order chi connectivity index (χ0) is 19.1. The quantitative estimate of drug-likeness (QED) is 0.206. The number of carboxylic acid groups (broad SMARTS) is 1. The van der Waals surface area contributed by atoms with Gasteiger partial charge < -0.3 is 5.11 Å². The first kappa shape index (κ1) is 24.1. The second kappa shape index (κ2) is 15.0. The fraction of sp³-hybridized carbons (Fsp3) is 0.955. The summed E-state index contributed by atoms with van der Waals surface area (Å²) in [4.78, 5) is 10.8. The highest BCUT2D eigenvalue weighted by molar-refractivity contribution is 6.57. The van der Waals surface area contributed by atoms with E-state index in [2.05, 4.69) is 0 Å². The van der Waals surface area contributed by atoms with E-state index in [1.807, 2.05) is 0 Å². The molecule has 1 saturated carbocycles. The molecule has 0 unspecified atom stereocenters. The maximum atomic E-state index is 10.8. The number of hydrogen-bond acceptors (Lipinski definition) is 1. The van der Waals surface area contributed by atoms with Gasteiger partial charge in [-0.05, 0) is 18.8 Å². The number of rotatable bonds is 16. The Kier molecular flexibility index (Phi) is 13.9. The van der Waals surface area contributed by atoms with Gasteiger partial charge in [-0.2, -0.15) is 0 Å². The van der Waals surface area contributed by atoms with E-state index in [1.165, 1.54) is 96.3 Å². The van der Waals surface area contributed by atoms with Crippen LogP contribution in [0.2, 0.25) is 0 Å². The van der Waals surface area contributed by atoms with E-state index in [-0.39, 0.29) is 0 Å². The van der Waals surface area contributed by atoms with Gasteiger partial charge in [-0.25, -0.2) is 4.79 Å². The monoisotopic (exact) mass is 406 g/mol. The van der Waals surface area contributed by atoms with Crippen molar-refractivity contribution in [3.05, 3.63) is 0 Å². The fourth-order valence-corrected chi connectivity index (χ4v) is 4.40. The molecule has 1 rings (SSSR count). The van der Waals surface area contributed by atoms with Gasteiger partial charge in [-0.1, -0.05) is 132 Å². The molecule has 0 aromatic rings. The summed E-state index contributed by atoms with van der Waals surface area (Å²) in [7, 11) is 0. The van der Waals surface area contributed by atoms with E-state index >= 15 is 0 Å². The molecule has 0 radical (unpaired) electrons. The molecular formula is C22H40Cl2O2. The number of alkyl halides is 2. The van der Waals surface area contributed by atoms with Crippen LogP contribution >= 0.6 is 23.2 Å². The SMILES string of the molecule is O=C(O)C(Cl)(Cl)CCCCCCCCCCCCCCC1CCCCC1. The van der Waals surface area contributed by atoms with Crippen molar-refractivity contribution in [2.75, 3.05) is 0 Å². The van der Waals surface area contributed by atoms with Crippen molar-refractivity contribution in [2.24, 2.45) is 5.92 Å². The van der Waals surface area contributed by atoms with Gasteiger partial charge in [0, 0.05) is 0 Å². The van der Waals surface area contributed by atoms with Gasteiger partial charge in [0.15, 0.2) is 0 Å². The number of halogens is 2. The summed E-state index contributed by atoms with van der Waals surface area (Å²) in [5.41, 5.74) is 0. The third-order valence-electron chi connectivity index (χ3n) is 5.89. The molecule has 0 bridgehead atoms. The molecule has 0 amide bonds. The normalized spacial score (nSPS) is 16.1. The van der Waals surface area contributed by atoms with Crippen LogP contribution in [0.15, 0.2) is 0 Å². The van der Waals surface area contributed by atoms with E-state index in [9.17, 15) is 4.79 Å². The Balaban J connectivity index is 1.75. The lowest BCUT2D eigenvalue weighted by molar-refractivity contribution is -0.138. The van der Waals surface area contributed by atoms with Gasteiger partial charge in [0.2, 0.25) is 4.33 Å². The van der Waals surface area contributed by atoms with Gasteiger partial charge in [0.25, 0.3) is 0 Å². The zero-order valence-corrected chi connectivity index (χ0v) is 18.1. The molecule has 0 aromatic carbocycles. The van der Waals surface area contributed by atoms with E-state index < -0.39 is 10.3 Å². The molecule has 2 nitrogen and oxygen atoms in total. The topological polar surface area (TPSA) is 37.3 Å². The van der Waals surface area contributed by atoms with Crippen molar-refractivity contribution in [2.45, 2.75) is 126 Å². The van der Waals surface area contributed by atoms with Gasteiger partial charge in [-0.15, -0.1) is 0 Å². The summed E-state index contributed by atoms with van der Waals surface area (Å²) < 4.78 is -1.60. The summed E-state index contributed by atoms with van der Waals surface area (Å²) in [6, 6.07) is 0. The first-order valence-electron chi connectivity index (χ1n) is 11.1. The Hall–Kier alpha value is 0.0500. The highest BCUT2D eigenvalue weighted by Gasteiger charge is 2.32. The number of unbranched alkanes of at least 4 members (excludes halogenated alkanes) is 11. The average Bonchev–Trinajstić information content (AvgIpc) is 2.62. The lowest BCUT2D eigenvalue weighted by atomic mass is 9.85. The summed E-state index contributed by atoms with van der Waals surface area (Å²) in [6.45, 7) is 0. The first-order chi connectivity index (χ1) is 12.5. The molecule has 4 heteroatoms. The largest absolute Gasteiger partial charge is 0.479 e. The maximum Gasteiger partial charge on any atom is 0.340 e. The molecule has 0 heterocycles. The Morgan fingerprint density at radius 2 is 1.15 bits per heavy atom. The average molecular weight is 407 g/mol. The minimum atomic E-state index is -1.60. The molecule has 154 valence electrons. The van der Waals surface area contributed by atoms with E-state index in [0.29, 0.717) is 6.42 Å². The Labute approximate surface area is 171 Å². The fourth-order valence-electron chi connectivity index (χ4n) is 4.13. The molecule has 0 saturated heterocycles. The molecule has 26 heavy (non-hydrogen) atoms. The number of carboxylic acids is 1. The third kappa shape index (κ3) is 12.4. The molecular weight excluding hydrogens is 367 g/mol. The van der Waals surface area contributed by atoms with E-state index in [1.54, 1.807) is 0 Å². The van der Waals surface area contributed by atoms with Crippen LogP contribution in [0.25, 0.3) is 0 Å². The van der Waals surface area contributed by atoms with Crippen molar-refractivity contribution >= 4 is 29.2 Å². The maximum absolute atomic E-state index is 10.8. The summed E-state index contributed by atoms with van der Waals surface area (Å²) >= 11 is 11.4. The van der Waals surface area contributed by atoms with Crippen LogP contribution in [0.5, 0.6) is 0 Å². The first-order valence-corrected chi connectivity index (χ1v) is 11.9. The minimum absolute atomic E-state index is 0.339. The lowest BCUT2D eigenvalue weighted by Gasteiger charge is -2.21. The van der Waals surface area contributed by atoms with Gasteiger partial charge in [0.1, 0.15) is 0 Å². The van der Waals surface area contributed by atoms with Crippen LogP contribution in [0, 0.1) is 5.92 Å². The molecule has 0 spiro atoms. The predicted molar refractivity (Wildman–Crippen MR) is 113 cm³/mol. The third-order valence-corrected chi connectivity index (χ3v) is 6.59. The van der Waals surface area contributed by atoms with Crippen molar-refractivity contribution in [1.82, 2.24) is 0 Å². The predicted octanol–water partition coefficient (Wildman–Crippen LogP) is 8.29. The van der Waals surface area contributed by atoms with Crippen LogP contribution in [0.1, 0.15) is 122 Å². The van der Waals surface area contributed by atoms with Gasteiger partial charge in [0.05, 0.1) is 0 Å². The van der Waals surface area contributed by atoms with Crippen molar-refractivity contribution in [1.29, 1.82) is 0 Å². The summed E-state index contributed by atoms with van der Waals surface area (Å²) in [5.74, 6) is -0.0759. The van der Waals surface area contributed by atoms with E-state index in [0.717, 1.165) is 25.2 Å². The van der Waals surface area contributed by atoms with Crippen LogP contribution in [0.3, 0.4) is 0 Å². The van der Waals surface area contributed by atoms with Crippen molar-refractivity contribution in [3.63, 3.8) is 0 Å². The molecule has 1 aliphatic rings. The van der Waals surface area contributed by atoms with E-state index in [4.69, 9.17) is 28.3 Å². The molecule has 0 aliphatic heterocycles. The van der Waals surface area contributed by atoms with Crippen molar-refractivity contribution in [3.8, 4) is 0 Å². The summed E-state index contributed by atoms with van der Waals surface area (Å²) in [6.07, 6.45) is 24.6. The van der Waals surface area contributed by atoms with Crippen LogP contribution < -0.4 is 0 Å². The highest BCUT2D eigenvalue weighted by atomic mass is 35.5. The lowest BCUT2D eigenvalue weighted by Crippen LogP contribution is -2.25. The summed E-state index contributed by atoms with van der Waals surface area (Å²) in [5, 5.41) is 8.83. The van der Waals surface area contributed by atoms with Gasteiger partial charge >= 0.3 is 5.97 Å². The second-order valence-electron chi connectivity index (χ2n) is 8.29. The molecule has 0 aromatic heterocycles. The molecule has 1 N–H and O–H groups in total. The Morgan fingerprint density at radius 3 is 1.62 bits per heavy atom. The Bertz CT molecular complexity index is 352. The smallest absolute Gasteiger partial charge is 0.340 e. The number of carbonyl (C=O) groups is 1. The number of aliphatic carboxylic acids is 1. The van der Waals surface area contributed by atoms with Crippen LogP contribution in [0.4, 0.5) is 0 Å². The van der Waals surface area contributed by atoms with Gasteiger partial charge in [-0.3, -0.25) is 0 Å².